The van der Waals surface area contributed by atoms with Gasteiger partial charge in [-0.2, -0.15) is 0 Å². The number of benzene rings is 1. The van der Waals surface area contributed by atoms with E-state index in [1.165, 1.54) is 16.7 Å². The highest BCUT2D eigenvalue weighted by Crippen LogP contribution is 2.36. The summed E-state index contributed by atoms with van der Waals surface area (Å²) in [4.78, 5) is 0. The Morgan fingerprint density at radius 1 is 1.28 bits per heavy atom. The van der Waals surface area contributed by atoms with E-state index in [1.807, 2.05) is 0 Å². The molecule has 0 fully saturated rings. The summed E-state index contributed by atoms with van der Waals surface area (Å²) in [6.45, 7) is 11.8. The van der Waals surface area contributed by atoms with Gasteiger partial charge < -0.3 is 10.5 Å². The van der Waals surface area contributed by atoms with E-state index in [0.717, 1.165) is 18.7 Å². The molecule has 2 N–H and O–H groups in total. The van der Waals surface area contributed by atoms with Crippen molar-refractivity contribution in [1.82, 2.24) is 0 Å². The van der Waals surface area contributed by atoms with E-state index in [2.05, 4.69) is 46.8 Å². The van der Waals surface area contributed by atoms with Crippen LogP contribution in [0.25, 0.3) is 0 Å². The molecule has 18 heavy (non-hydrogen) atoms. The van der Waals surface area contributed by atoms with Crippen molar-refractivity contribution >= 4 is 0 Å². The number of methoxy groups -OCH3 is 1. The van der Waals surface area contributed by atoms with Crippen molar-refractivity contribution < 1.29 is 4.74 Å². The van der Waals surface area contributed by atoms with Crippen LogP contribution in [0.2, 0.25) is 0 Å². The molecule has 0 amide bonds. The first kappa shape index (κ1) is 15.0. The van der Waals surface area contributed by atoms with E-state index in [1.54, 1.807) is 7.11 Å². The van der Waals surface area contributed by atoms with Crippen molar-refractivity contribution in [2.24, 2.45) is 5.73 Å². The van der Waals surface area contributed by atoms with E-state index >= 15 is 0 Å². The summed E-state index contributed by atoms with van der Waals surface area (Å²) >= 11 is 0. The average molecular weight is 249 g/mol. The quantitative estimate of drug-likeness (QED) is 0.882. The number of hydrogen-bond donors (Lipinski definition) is 1. The zero-order valence-electron chi connectivity index (χ0n) is 12.6. The van der Waals surface area contributed by atoms with E-state index in [9.17, 15) is 0 Å². The minimum absolute atomic E-state index is 0.103. The van der Waals surface area contributed by atoms with E-state index in [0.29, 0.717) is 5.92 Å². The van der Waals surface area contributed by atoms with Crippen molar-refractivity contribution in [1.29, 1.82) is 0 Å². The second-order valence-electron chi connectivity index (χ2n) is 6.14. The Bertz CT molecular complexity index is 404. The lowest BCUT2D eigenvalue weighted by Gasteiger charge is -2.25. The van der Waals surface area contributed by atoms with Crippen molar-refractivity contribution in [2.45, 2.75) is 52.4 Å². The van der Waals surface area contributed by atoms with Crippen molar-refractivity contribution in [3.63, 3.8) is 0 Å². The summed E-state index contributed by atoms with van der Waals surface area (Å²) in [5.74, 6) is 1.48. The molecule has 0 saturated carbocycles. The normalized spacial score (nSPS) is 13.5. The molecule has 1 atom stereocenters. The molecule has 0 aliphatic carbocycles. The van der Waals surface area contributed by atoms with Gasteiger partial charge in [-0.1, -0.05) is 33.8 Å². The minimum atomic E-state index is 0.103. The number of rotatable bonds is 4. The van der Waals surface area contributed by atoms with E-state index < -0.39 is 0 Å². The molecule has 1 aromatic rings. The van der Waals surface area contributed by atoms with Crippen LogP contribution in [0.3, 0.4) is 0 Å². The molecule has 0 bridgehead atoms. The smallest absolute Gasteiger partial charge is 0.122 e. The van der Waals surface area contributed by atoms with Crippen LogP contribution in [0.15, 0.2) is 12.1 Å². The Labute approximate surface area is 112 Å². The molecule has 2 nitrogen and oxygen atoms in total. The van der Waals surface area contributed by atoms with Gasteiger partial charge in [-0.25, -0.2) is 0 Å². The lowest BCUT2D eigenvalue weighted by atomic mass is 9.82. The first-order valence-corrected chi connectivity index (χ1v) is 6.70. The second kappa shape index (κ2) is 5.75. The van der Waals surface area contributed by atoms with Gasteiger partial charge in [0.2, 0.25) is 0 Å². The summed E-state index contributed by atoms with van der Waals surface area (Å²) in [6, 6.07) is 4.46. The molecule has 0 radical (unpaired) electrons. The maximum Gasteiger partial charge on any atom is 0.122 e. The molecule has 0 saturated heterocycles. The lowest BCUT2D eigenvalue weighted by molar-refractivity contribution is 0.396. The number of aryl methyl sites for hydroxylation is 1. The minimum Gasteiger partial charge on any atom is -0.496 e. The molecule has 1 unspecified atom stereocenters. The molecule has 2 heteroatoms. The Balaban J connectivity index is 3.27. The highest BCUT2D eigenvalue weighted by molar-refractivity contribution is 5.46. The summed E-state index contributed by atoms with van der Waals surface area (Å²) < 4.78 is 5.56. The molecule has 0 heterocycles. The average Bonchev–Trinajstić information content (AvgIpc) is 2.27. The fourth-order valence-electron chi connectivity index (χ4n) is 2.40. The fraction of sp³-hybridized carbons (Fsp3) is 0.625. The topological polar surface area (TPSA) is 35.2 Å². The van der Waals surface area contributed by atoms with Crippen LogP contribution in [0, 0.1) is 6.92 Å². The maximum absolute atomic E-state index is 5.66. The van der Waals surface area contributed by atoms with Gasteiger partial charge in [-0.15, -0.1) is 0 Å². The van der Waals surface area contributed by atoms with Crippen LogP contribution in [0.4, 0.5) is 0 Å². The lowest BCUT2D eigenvalue weighted by Crippen LogP contribution is -2.14. The van der Waals surface area contributed by atoms with Crippen LogP contribution in [-0.4, -0.2) is 13.7 Å². The van der Waals surface area contributed by atoms with Crippen LogP contribution in [-0.2, 0) is 5.41 Å². The van der Waals surface area contributed by atoms with E-state index in [4.69, 9.17) is 10.5 Å². The molecule has 0 aromatic heterocycles. The van der Waals surface area contributed by atoms with Gasteiger partial charge in [-0.05, 0) is 54.0 Å². The first-order chi connectivity index (χ1) is 8.31. The third kappa shape index (κ3) is 3.26. The van der Waals surface area contributed by atoms with Crippen LogP contribution < -0.4 is 10.5 Å². The monoisotopic (exact) mass is 249 g/mol. The van der Waals surface area contributed by atoms with Gasteiger partial charge >= 0.3 is 0 Å². The van der Waals surface area contributed by atoms with Crippen molar-refractivity contribution in [3.8, 4) is 5.75 Å². The predicted molar refractivity (Wildman–Crippen MR) is 78.5 cm³/mol. The fourth-order valence-corrected chi connectivity index (χ4v) is 2.40. The van der Waals surface area contributed by atoms with Crippen LogP contribution in [0.5, 0.6) is 5.75 Å². The Morgan fingerprint density at radius 3 is 2.33 bits per heavy atom. The second-order valence-corrected chi connectivity index (χ2v) is 6.14. The molecule has 102 valence electrons. The molecule has 1 aromatic carbocycles. The van der Waals surface area contributed by atoms with Gasteiger partial charge in [0.25, 0.3) is 0 Å². The third-order valence-corrected chi connectivity index (χ3v) is 3.53. The number of ether oxygens (including phenoxy) is 1. The van der Waals surface area contributed by atoms with E-state index in [-0.39, 0.29) is 5.41 Å². The predicted octanol–water partition coefficient (Wildman–Crippen LogP) is 3.75. The SMILES string of the molecule is COc1cc(C(C)CCN)c(C)cc1C(C)(C)C. The van der Waals surface area contributed by atoms with Crippen LogP contribution in [0.1, 0.15) is 56.7 Å². The zero-order chi connectivity index (χ0) is 13.9. The summed E-state index contributed by atoms with van der Waals surface area (Å²) in [7, 11) is 1.75. The maximum atomic E-state index is 5.66. The molecule has 1 rings (SSSR count). The molecular formula is C16H27NO. The summed E-state index contributed by atoms with van der Waals surface area (Å²) in [5, 5.41) is 0. The highest BCUT2D eigenvalue weighted by atomic mass is 16.5. The standard InChI is InChI=1S/C16H27NO/c1-11(7-8-17)13-10-15(18-6)14(9-12(13)2)16(3,4)5/h9-11H,7-8,17H2,1-6H3. The number of nitrogens with two attached hydrogens (primary N) is 1. The third-order valence-electron chi connectivity index (χ3n) is 3.53. The molecule has 0 spiro atoms. The van der Waals surface area contributed by atoms with Gasteiger partial charge in [-0.3, -0.25) is 0 Å². The highest BCUT2D eigenvalue weighted by Gasteiger charge is 2.21. The van der Waals surface area contributed by atoms with Gasteiger partial charge in [0.1, 0.15) is 5.75 Å². The Kier molecular flexibility index (Phi) is 4.80. The largest absolute Gasteiger partial charge is 0.496 e. The molecular weight excluding hydrogens is 222 g/mol. The zero-order valence-corrected chi connectivity index (χ0v) is 12.6. The van der Waals surface area contributed by atoms with Crippen LogP contribution >= 0.6 is 0 Å². The first-order valence-electron chi connectivity index (χ1n) is 6.70. The van der Waals surface area contributed by atoms with Gasteiger partial charge in [0, 0.05) is 0 Å². The molecule has 0 aliphatic rings. The number of hydrogen-bond acceptors (Lipinski definition) is 2. The van der Waals surface area contributed by atoms with Gasteiger partial charge in [0.15, 0.2) is 0 Å². The molecule has 0 aliphatic heterocycles. The van der Waals surface area contributed by atoms with Gasteiger partial charge in [0.05, 0.1) is 7.11 Å². The Hall–Kier alpha value is -1.02. The van der Waals surface area contributed by atoms with Crippen molar-refractivity contribution in [2.75, 3.05) is 13.7 Å². The summed E-state index contributed by atoms with van der Waals surface area (Å²) in [5.41, 5.74) is 9.71. The Morgan fingerprint density at radius 2 is 1.89 bits per heavy atom. The van der Waals surface area contributed by atoms with Crippen molar-refractivity contribution in [3.05, 3.63) is 28.8 Å². The summed E-state index contributed by atoms with van der Waals surface area (Å²) in [6.07, 6.45) is 1.01.